The largest absolute Gasteiger partial charge is 0.351 e. The highest BCUT2D eigenvalue weighted by molar-refractivity contribution is 7.14. The average Bonchev–Trinajstić information content (AvgIpc) is 3.25. The summed E-state index contributed by atoms with van der Waals surface area (Å²) in [5, 5.41) is 8.48. The minimum atomic E-state index is -0.133. The zero-order chi connectivity index (χ0) is 16.1. The summed E-state index contributed by atoms with van der Waals surface area (Å²) in [7, 11) is 0. The first-order valence-corrected chi connectivity index (χ1v) is 8.23. The van der Waals surface area contributed by atoms with Gasteiger partial charge in [-0.1, -0.05) is 6.92 Å². The Labute approximate surface area is 138 Å². The topological polar surface area (TPSA) is 71.8 Å². The Bertz CT molecular complexity index is 764. The van der Waals surface area contributed by atoms with E-state index in [0.29, 0.717) is 17.4 Å². The number of rotatable bonds is 6. The molecule has 0 aliphatic heterocycles. The lowest BCUT2D eigenvalue weighted by Crippen LogP contribution is -2.24. The van der Waals surface area contributed by atoms with Crippen molar-refractivity contribution < 1.29 is 4.79 Å². The number of hydrogen-bond acceptors (Lipinski definition) is 5. The third kappa shape index (κ3) is 3.75. The molecule has 23 heavy (non-hydrogen) atoms. The number of aromatic nitrogens is 3. The van der Waals surface area contributed by atoms with E-state index in [1.807, 2.05) is 42.0 Å². The van der Waals surface area contributed by atoms with E-state index in [4.69, 9.17) is 0 Å². The van der Waals surface area contributed by atoms with Crippen molar-refractivity contribution in [3.05, 3.63) is 54.1 Å². The summed E-state index contributed by atoms with van der Waals surface area (Å²) in [6.45, 7) is 2.68. The lowest BCUT2D eigenvalue weighted by Gasteiger charge is -2.05. The molecule has 0 bridgehead atoms. The van der Waals surface area contributed by atoms with Gasteiger partial charge < -0.3 is 15.2 Å². The number of thiazole rings is 1. The van der Waals surface area contributed by atoms with Gasteiger partial charge in [-0.2, -0.15) is 0 Å². The van der Waals surface area contributed by atoms with Crippen LogP contribution in [0.15, 0.2) is 48.4 Å². The summed E-state index contributed by atoms with van der Waals surface area (Å²) in [4.78, 5) is 20.2. The summed E-state index contributed by atoms with van der Waals surface area (Å²) < 4.78 is 1.93. The van der Waals surface area contributed by atoms with E-state index < -0.39 is 0 Å². The first-order valence-electron chi connectivity index (χ1n) is 7.35. The van der Waals surface area contributed by atoms with Crippen LogP contribution < -0.4 is 10.6 Å². The average molecular weight is 327 g/mol. The van der Waals surface area contributed by atoms with Gasteiger partial charge in [0, 0.05) is 35.7 Å². The van der Waals surface area contributed by atoms with Gasteiger partial charge >= 0.3 is 0 Å². The zero-order valence-corrected chi connectivity index (χ0v) is 13.5. The number of carbonyl (C=O) groups is 1. The summed E-state index contributed by atoms with van der Waals surface area (Å²) >= 11 is 1.41. The van der Waals surface area contributed by atoms with Crippen LogP contribution in [0.3, 0.4) is 0 Å². The molecule has 0 saturated heterocycles. The number of amides is 1. The molecule has 0 atom stereocenters. The Morgan fingerprint density at radius 2 is 2.13 bits per heavy atom. The van der Waals surface area contributed by atoms with Gasteiger partial charge in [0.2, 0.25) is 0 Å². The maximum Gasteiger partial charge on any atom is 0.270 e. The number of hydrogen-bond donors (Lipinski definition) is 2. The fraction of sp³-hybridized carbons (Fsp3) is 0.188. The van der Waals surface area contributed by atoms with Crippen LogP contribution in [-0.4, -0.2) is 27.0 Å². The molecular weight excluding hydrogens is 310 g/mol. The van der Waals surface area contributed by atoms with Crippen molar-refractivity contribution >= 4 is 28.1 Å². The molecule has 6 nitrogen and oxygen atoms in total. The minimum Gasteiger partial charge on any atom is -0.351 e. The summed E-state index contributed by atoms with van der Waals surface area (Å²) in [5.74, 6) is -0.133. The van der Waals surface area contributed by atoms with Crippen molar-refractivity contribution in [1.82, 2.24) is 19.9 Å². The quantitative estimate of drug-likeness (QED) is 0.729. The molecule has 0 aliphatic rings. The Morgan fingerprint density at radius 3 is 2.83 bits per heavy atom. The molecule has 2 N–H and O–H groups in total. The van der Waals surface area contributed by atoms with Crippen LogP contribution in [-0.2, 0) is 0 Å². The van der Waals surface area contributed by atoms with E-state index in [-0.39, 0.29) is 5.91 Å². The summed E-state index contributed by atoms with van der Waals surface area (Å²) in [5.41, 5.74) is 2.40. The molecular formula is C16H17N5OS. The number of benzene rings is 1. The third-order valence-electron chi connectivity index (χ3n) is 3.19. The van der Waals surface area contributed by atoms with Crippen LogP contribution in [0.4, 0.5) is 10.8 Å². The van der Waals surface area contributed by atoms with Crippen LogP contribution in [0.5, 0.6) is 0 Å². The Balaban J connectivity index is 1.65. The van der Waals surface area contributed by atoms with Crippen molar-refractivity contribution in [2.45, 2.75) is 13.3 Å². The molecule has 2 heterocycles. The Hall–Kier alpha value is -2.67. The number of anilines is 2. The monoisotopic (exact) mass is 327 g/mol. The van der Waals surface area contributed by atoms with Gasteiger partial charge in [-0.25, -0.2) is 9.97 Å². The molecule has 0 fully saturated rings. The van der Waals surface area contributed by atoms with Crippen LogP contribution in [0.1, 0.15) is 23.8 Å². The first-order chi connectivity index (χ1) is 11.3. The summed E-state index contributed by atoms with van der Waals surface area (Å²) in [6.07, 6.45) is 6.30. The summed E-state index contributed by atoms with van der Waals surface area (Å²) in [6, 6.07) is 7.92. The fourth-order valence-electron chi connectivity index (χ4n) is 2.02. The molecule has 1 aromatic carbocycles. The van der Waals surface area contributed by atoms with Gasteiger partial charge in [-0.3, -0.25) is 4.79 Å². The van der Waals surface area contributed by atoms with E-state index in [0.717, 1.165) is 17.8 Å². The number of imidazole rings is 1. The molecule has 0 aliphatic carbocycles. The highest BCUT2D eigenvalue weighted by Crippen LogP contribution is 2.22. The molecule has 1 amide bonds. The minimum absolute atomic E-state index is 0.133. The normalized spacial score (nSPS) is 10.5. The highest BCUT2D eigenvalue weighted by Gasteiger charge is 2.10. The Kier molecular flexibility index (Phi) is 4.68. The second-order valence-corrected chi connectivity index (χ2v) is 5.79. The van der Waals surface area contributed by atoms with E-state index in [1.54, 1.807) is 17.9 Å². The van der Waals surface area contributed by atoms with Crippen molar-refractivity contribution in [3.8, 4) is 5.69 Å². The Morgan fingerprint density at radius 1 is 1.30 bits per heavy atom. The molecule has 7 heteroatoms. The molecule has 2 aromatic heterocycles. The maximum absolute atomic E-state index is 11.8. The van der Waals surface area contributed by atoms with Crippen LogP contribution in [0.25, 0.3) is 5.69 Å². The van der Waals surface area contributed by atoms with Gasteiger partial charge in [0.05, 0.1) is 6.33 Å². The maximum atomic E-state index is 11.8. The van der Waals surface area contributed by atoms with Crippen molar-refractivity contribution in [2.24, 2.45) is 0 Å². The number of carbonyl (C=O) groups excluding carboxylic acids is 1. The van der Waals surface area contributed by atoms with Gasteiger partial charge in [-0.05, 0) is 30.7 Å². The smallest absolute Gasteiger partial charge is 0.270 e. The molecule has 3 rings (SSSR count). The van der Waals surface area contributed by atoms with Crippen LogP contribution in [0.2, 0.25) is 0 Å². The van der Waals surface area contributed by atoms with Crippen LogP contribution in [0, 0.1) is 0 Å². The predicted octanol–water partition coefficient (Wildman–Crippen LogP) is 3.21. The van der Waals surface area contributed by atoms with Crippen LogP contribution >= 0.6 is 11.3 Å². The van der Waals surface area contributed by atoms with Gasteiger partial charge in [0.15, 0.2) is 5.13 Å². The molecule has 0 radical (unpaired) electrons. The van der Waals surface area contributed by atoms with Gasteiger partial charge in [-0.15, -0.1) is 11.3 Å². The lowest BCUT2D eigenvalue weighted by atomic mass is 10.3. The van der Waals surface area contributed by atoms with Crippen molar-refractivity contribution in [3.63, 3.8) is 0 Å². The van der Waals surface area contributed by atoms with E-state index in [2.05, 4.69) is 20.6 Å². The standard InChI is InChI=1S/C16H17N5OS/c1-2-7-18-15(22)14-10-23-16(20-14)19-12-3-5-13(6-4-12)21-9-8-17-11-21/h3-6,8-11H,2,7H2,1H3,(H,18,22)(H,19,20). The van der Waals surface area contributed by atoms with E-state index >= 15 is 0 Å². The first kappa shape index (κ1) is 15.2. The van der Waals surface area contributed by atoms with E-state index in [9.17, 15) is 4.79 Å². The molecule has 0 unspecified atom stereocenters. The zero-order valence-electron chi connectivity index (χ0n) is 12.7. The molecule has 3 aromatic rings. The lowest BCUT2D eigenvalue weighted by molar-refractivity contribution is 0.0949. The van der Waals surface area contributed by atoms with Crippen molar-refractivity contribution in [1.29, 1.82) is 0 Å². The second-order valence-electron chi connectivity index (χ2n) is 4.94. The molecule has 0 saturated carbocycles. The number of nitrogens with one attached hydrogen (secondary N) is 2. The number of nitrogens with zero attached hydrogens (tertiary/aromatic N) is 3. The van der Waals surface area contributed by atoms with Gasteiger partial charge in [0.1, 0.15) is 5.69 Å². The fourth-order valence-corrected chi connectivity index (χ4v) is 2.73. The second kappa shape index (κ2) is 7.06. The van der Waals surface area contributed by atoms with Gasteiger partial charge in [0.25, 0.3) is 5.91 Å². The highest BCUT2D eigenvalue weighted by atomic mass is 32.1. The SMILES string of the molecule is CCCNC(=O)c1csc(Nc2ccc(-n3ccnc3)cc2)n1. The molecule has 118 valence electrons. The van der Waals surface area contributed by atoms with E-state index in [1.165, 1.54) is 11.3 Å². The predicted molar refractivity (Wildman–Crippen MR) is 91.6 cm³/mol. The van der Waals surface area contributed by atoms with Crippen molar-refractivity contribution in [2.75, 3.05) is 11.9 Å². The molecule has 0 spiro atoms. The third-order valence-corrected chi connectivity index (χ3v) is 3.95.